The molecule has 1 aromatic heterocycles. The first kappa shape index (κ1) is 18.3. The molecule has 0 spiro atoms. The maximum absolute atomic E-state index is 12.1. The molecule has 1 amide bonds. The molecule has 22 heavy (non-hydrogen) atoms. The third-order valence-electron chi connectivity index (χ3n) is 2.71. The number of carbonyl (C=O) groups is 1. The van der Waals surface area contributed by atoms with E-state index in [-0.39, 0.29) is 13.0 Å². The van der Waals surface area contributed by atoms with Gasteiger partial charge < -0.3 is 14.6 Å². The van der Waals surface area contributed by atoms with E-state index >= 15 is 0 Å². The molecule has 0 bridgehead atoms. The van der Waals surface area contributed by atoms with Crippen LogP contribution in [-0.4, -0.2) is 34.0 Å². The Morgan fingerprint density at radius 1 is 1.36 bits per heavy atom. The van der Waals surface area contributed by atoms with Crippen LogP contribution in [0.5, 0.6) is 0 Å². The van der Waals surface area contributed by atoms with Crippen molar-refractivity contribution in [1.29, 1.82) is 0 Å². The summed E-state index contributed by atoms with van der Waals surface area (Å²) in [5.41, 5.74) is 0.210. The van der Waals surface area contributed by atoms with E-state index in [1.807, 2.05) is 0 Å². The van der Waals surface area contributed by atoms with Gasteiger partial charge in [0.1, 0.15) is 5.60 Å². The van der Waals surface area contributed by atoms with Crippen LogP contribution in [0.3, 0.4) is 0 Å². The summed E-state index contributed by atoms with van der Waals surface area (Å²) in [6.45, 7) is 5.88. The summed E-state index contributed by atoms with van der Waals surface area (Å²) in [5.74, 6) is 0. The number of carbonyl (C=O) groups excluding carboxylic acids is 1. The molecule has 0 fully saturated rings. The fraction of sp³-hybridized carbons (Fsp3) is 0.714. The first-order valence-electron chi connectivity index (χ1n) is 7.09. The van der Waals surface area contributed by atoms with E-state index < -0.39 is 24.3 Å². The smallest absolute Gasteiger partial charge is 0.407 e. The topological polar surface area (TPSA) is 56.1 Å². The average molecular weight is 321 g/mol. The Kier molecular flexibility index (Phi) is 6.25. The zero-order valence-electron chi connectivity index (χ0n) is 13.0. The first-order chi connectivity index (χ1) is 10.1. The van der Waals surface area contributed by atoms with E-state index in [9.17, 15) is 18.0 Å². The van der Waals surface area contributed by atoms with Crippen molar-refractivity contribution in [1.82, 2.24) is 14.9 Å². The minimum absolute atomic E-state index is 0.00630. The Balaban J connectivity index is 2.35. The molecule has 0 aliphatic carbocycles. The molecule has 5 nitrogen and oxygen atoms in total. The molecule has 0 saturated carbocycles. The van der Waals surface area contributed by atoms with Gasteiger partial charge in [0.2, 0.25) is 0 Å². The number of halogens is 3. The SMILES string of the molecule is CC(C)(C)OC(=O)NCCc1cncn1CCCC(F)(F)F. The van der Waals surface area contributed by atoms with Crippen LogP contribution in [0.1, 0.15) is 39.3 Å². The highest BCUT2D eigenvalue weighted by atomic mass is 19.4. The largest absolute Gasteiger partial charge is 0.444 e. The normalized spacial score (nSPS) is 12.3. The van der Waals surface area contributed by atoms with E-state index in [1.165, 1.54) is 6.33 Å². The Bertz CT molecular complexity index is 478. The zero-order valence-corrected chi connectivity index (χ0v) is 13.0. The number of rotatable bonds is 6. The summed E-state index contributed by atoms with van der Waals surface area (Å²) in [6, 6.07) is 0. The number of hydrogen-bond donors (Lipinski definition) is 1. The molecule has 0 aromatic carbocycles. The standard InChI is InChI=1S/C14H22F3N3O2/c1-13(2,3)22-12(21)19-7-5-11-9-18-10-20(11)8-4-6-14(15,16)17/h9-10H,4-8H2,1-3H3,(H,19,21). The lowest BCUT2D eigenvalue weighted by Crippen LogP contribution is -2.33. The van der Waals surface area contributed by atoms with Crippen LogP contribution < -0.4 is 5.32 Å². The predicted molar refractivity (Wildman–Crippen MR) is 75.5 cm³/mol. The number of aromatic nitrogens is 2. The Morgan fingerprint density at radius 2 is 2.05 bits per heavy atom. The molecule has 0 atom stereocenters. The van der Waals surface area contributed by atoms with Gasteiger partial charge in [-0.3, -0.25) is 0 Å². The van der Waals surface area contributed by atoms with Gasteiger partial charge in [0.05, 0.1) is 6.33 Å². The molecule has 0 saturated heterocycles. The molecule has 0 aliphatic rings. The summed E-state index contributed by atoms with van der Waals surface area (Å²) in [7, 11) is 0. The van der Waals surface area contributed by atoms with Crippen molar-refractivity contribution >= 4 is 6.09 Å². The van der Waals surface area contributed by atoms with Crippen LogP contribution in [0.4, 0.5) is 18.0 Å². The third kappa shape index (κ3) is 7.90. The minimum atomic E-state index is -4.14. The van der Waals surface area contributed by atoms with Gasteiger partial charge >= 0.3 is 12.3 Å². The molecular formula is C14H22F3N3O2. The highest BCUT2D eigenvalue weighted by Gasteiger charge is 2.26. The third-order valence-corrected chi connectivity index (χ3v) is 2.71. The first-order valence-corrected chi connectivity index (χ1v) is 7.09. The van der Waals surface area contributed by atoms with Crippen molar-refractivity contribution in [2.24, 2.45) is 0 Å². The molecule has 0 unspecified atom stereocenters. The Labute approximate surface area is 127 Å². The number of alkyl halides is 3. The van der Waals surface area contributed by atoms with Crippen LogP contribution in [0.2, 0.25) is 0 Å². The van der Waals surface area contributed by atoms with Crippen molar-refractivity contribution < 1.29 is 22.7 Å². The highest BCUT2D eigenvalue weighted by molar-refractivity contribution is 5.67. The van der Waals surface area contributed by atoms with Crippen molar-refractivity contribution in [3.8, 4) is 0 Å². The van der Waals surface area contributed by atoms with Crippen LogP contribution >= 0.6 is 0 Å². The number of aryl methyl sites for hydroxylation is 1. The number of nitrogens with zero attached hydrogens (tertiary/aromatic N) is 2. The second kappa shape index (κ2) is 7.51. The molecule has 126 valence electrons. The van der Waals surface area contributed by atoms with Gasteiger partial charge in [0.15, 0.2) is 0 Å². The second-order valence-corrected chi connectivity index (χ2v) is 5.98. The number of alkyl carbamates (subject to hydrolysis) is 1. The van der Waals surface area contributed by atoms with E-state index in [1.54, 1.807) is 31.5 Å². The van der Waals surface area contributed by atoms with E-state index in [0.29, 0.717) is 13.0 Å². The molecular weight excluding hydrogens is 299 g/mol. The monoisotopic (exact) mass is 321 g/mol. The van der Waals surface area contributed by atoms with Crippen molar-refractivity contribution in [3.05, 3.63) is 18.2 Å². The summed E-state index contributed by atoms with van der Waals surface area (Å²) in [6.07, 6.45) is -1.91. The predicted octanol–water partition coefficient (Wildman–Crippen LogP) is 3.29. The second-order valence-electron chi connectivity index (χ2n) is 5.98. The molecule has 0 radical (unpaired) electrons. The minimum Gasteiger partial charge on any atom is -0.444 e. The van der Waals surface area contributed by atoms with Crippen LogP contribution in [0.25, 0.3) is 0 Å². The van der Waals surface area contributed by atoms with Crippen molar-refractivity contribution in [3.63, 3.8) is 0 Å². The van der Waals surface area contributed by atoms with Gasteiger partial charge in [-0.25, -0.2) is 9.78 Å². The maximum Gasteiger partial charge on any atom is 0.407 e. The Hall–Kier alpha value is -1.73. The molecule has 1 heterocycles. The van der Waals surface area contributed by atoms with Gasteiger partial charge in [-0.15, -0.1) is 0 Å². The molecule has 0 aliphatic heterocycles. The van der Waals surface area contributed by atoms with Crippen LogP contribution in [0.15, 0.2) is 12.5 Å². The Morgan fingerprint density at radius 3 is 2.64 bits per heavy atom. The number of ether oxygens (including phenoxy) is 1. The molecule has 1 aromatic rings. The quantitative estimate of drug-likeness (QED) is 0.874. The fourth-order valence-electron chi connectivity index (χ4n) is 1.81. The number of hydrogen-bond acceptors (Lipinski definition) is 3. The van der Waals surface area contributed by atoms with Gasteiger partial charge in [0, 0.05) is 37.8 Å². The molecule has 1 rings (SSSR count). The van der Waals surface area contributed by atoms with E-state index in [4.69, 9.17) is 4.74 Å². The van der Waals surface area contributed by atoms with Crippen molar-refractivity contribution in [2.45, 2.75) is 58.4 Å². The number of nitrogens with one attached hydrogen (secondary N) is 1. The lowest BCUT2D eigenvalue weighted by molar-refractivity contribution is -0.135. The highest BCUT2D eigenvalue weighted by Crippen LogP contribution is 2.21. The van der Waals surface area contributed by atoms with Crippen molar-refractivity contribution in [2.75, 3.05) is 6.54 Å². The van der Waals surface area contributed by atoms with E-state index in [2.05, 4.69) is 10.3 Å². The van der Waals surface area contributed by atoms with E-state index in [0.717, 1.165) is 5.69 Å². The lowest BCUT2D eigenvalue weighted by atomic mass is 10.2. The summed E-state index contributed by atoms with van der Waals surface area (Å²) in [4.78, 5) is 15.4. The fourth-order valence-corrected chi connectivity index (χ4v) is 1.81. The molecule has 8 heteroatoms. The van der Waals surface area contributed by atoms with Gasteiger partial charge in [-0.05, 0) is 27.2 Å². The molecule has 1 N–H and O–H groups in total. The summed E-state index contributed by atoms with van der Waals surface area (Å²) in [5, 5.41) is 2.60. The van der Waals surface area contributed by atoms with Gasteiger partial charge in [0.25, 0.3) is 0 Å². The van der Waals surface area contributed by atoms with Crippen LogP contribution in [-0.2, 0) is 17.7 Å². The lowest BCUT2D eigenvalue weighted by Gasteiger charge is -2.19. The number of amides is 1. The zero-order chi connectivity index (χ0) is 16.8. The van der Waals surface area contributed by atoms with Crippen LogP contribution in [0, 0.1) is 0 Å². The summed E-state index contributed by atoms with van der Waals surface area (Å²) >= 11 is 0. The maximum atomic E-state index is 12.1. The average Bonchev–Trinajstić information content (AvgIpc) is 2.73. The van der Waals surface area contributed by atoms with Gasteiger partial charge in [-0.1, -0.05) is 0 Å². The number of imidazole rings is 1. The van der Waals surface area contributed by atoms with Gasteiger partial charge in [-0.2, -0.15) is 13.2 Å². The summed E-state index contributed by atoms with van der Waals surface area (Å²) < 4.78 is 43.1.